The minimum atomic E-state index is -0.938. The molecule has 1 fully saturated rings. The molecule has 0 aromatic heterocycles. The summed E-state index contributed by atoms with van der Waals surface area (Å²) in [5, 5.41) is 30.4. The highest BCUT2D eigenvalue weighted by Gasteiger charge is 2.47. The predicted molar refractivity (Wildman–Crippen MR) is 107 cm³/mol. The second kappa shape index (κ2) is 7.16. The summed E-state index contributed by atoms with van der Waals surface area (Å²) in [5.41, 5.74) is 1.18. The van der Waals surface area contributed by atoms with Crippen LogP contribution in [0.5, 0.6) is 11.5 Å². The molecule has 0 bridgehead atoms. The number of ketones is 1. The first-order valence-corrected chi connectivity index (χ1v) is 8.92. The number of hydrogen-bond donors (Lipinski definition) is 3. The van der Waals surface area contributed by atoms with E-state index in [9.17, 15) is 24.9 Å². The molecule has 144 valence electrons. The Morgan fingerprint density at radius 1 is 0.793 bits per heavy atom. The van der Waals surface area contributed by atoms with Crippen LogP contribution in [-0.4, -0.2) is 27.0 Å². The maximum absolute atomic E-state index is 12.9. The third-order valence-corrected chi connectivity index (χ3v) is 4.81. The topological polar surface area (TPSA) is 98.1 Å². The fraction of sp³-hybridized carbons (Fsp3) is 0.0435. The zero-order valence-corrected chi connectivity index (χ0v) is 15.2. The lowest BCUT2D eigenvalue weighted by molar-refractivity contribution is -0.132. The summed E-state index contributed by atoms with van der Waals surface area (Å²) in [6, 6.07) is 19.6. The van der Waals surface area contributed by atoms with E-state index in [-0.39, 0.29) is 22.8 Å². The number of anilines is 1. The second-order valence-corrected chi connectivity index (χ2v) is 6.65. The molecule has 29 heavy (non-hydrogen) atoms. The number of benzene rings is 3. The van der Waals surface area contributed by atoms with Gasteiger partial charge in [0.05, 0.1) is 11.6 Å². The Morgan fingerprint density at radius 2 is 1.48 bits per heavy atom. The molecule has 0 unspecified atom stereocenters. The van der Waals surface area contributed by atoms with Crippen molar-refractivity contribution in [1.82, 2.24) is 0 Å². The van der Waals surface area contributed by atoms with Crippen LogP contribution in [0.3, 0.4) is 0 Å². The van der Waals surface area contributed by atoms with E-state index < -0.39 is 17.7 Å². The Bertz CT molecular complexity index is 1120. The van der Waals surface area contributed by atoms with Gasteiger partial charge in [0.1, 0.15) is 17.3 Å². The highest BCUT2D eigenvalue weighted by Crippen LogP contribution is 2.42. The van der Waals surface area contributed by atoms with Gasteiger partial charge in [0.15, 0.2) is 0 Å². The minimum Gasteiger partial charge on any atom is -0.508 e. The van der Waals surface area contributed by atoms with E-state index in [4.69, 9.17) is 0 Å². The van der Waals surface area contributed by atoms with Crippen LogP contribution >= 0.6 is 0 Å². The normalized spacial score (nSPS) is 18.2. The Balaban J connectivity index is 1.96. The van der Waals surface area contributed by atoms with Crippen LogP contribution in [0.4, 0.5) is 5.69 Å². The number of hydrogen-bond acceptors (Lipinski definition) is 5. The Kier molecular flexibility index (Phi) is 4.52. The minimum absolute atomic E-state index is 0.0172. The number of Topliss-reactive ketones (excluding diaryl/α,β-unsaturated/α-hetero) is 1. The van der Waals surface area contributed by atoms with Crippen molar-refractivity contribution in [2.45, 2.75) is 6.04 Å². The van der Waals surface area contributed by atoms with Gasteiger partial charge < -0.3 is 15.3 Å². The first-order chi connectivity index (χ1) is 14.0. The van der Waals surface area contributed by atoms with Gasteiger partial charge in [0, 0.05) is 11.3 Å². The smallest absolute Gasteiger partial charge is 0.300 e. The van der Waals surface area contributed by atoms with E-state index in [1.807, 2.05) is 0 Å². The standard InChI is InChI=1S/C23H17NO5/c25-17-11-9-16(10-12-17)24-20(15-7-4-8-18(26)13-15)19(22(28)23(24)29)21(27)14-5-2-1-3-6-14/h1-13,20,25-27H/t20-/m1/s1. The fourth-order valence-electron chi connectivity index (χ4n) is 3.47. The lowest BCUT2D eigenvalue weighted by atomic mass is 9.95. The van der Waals surface area contributed by atoms with Gasteiger partial charge in [-0.05, 0) is 42.0 Å². The molecule has 6 heteroatoms. The number of carbonyl (C=O) groups is 2. The van der Waals surface area contributed by atoms with E-state index in [0.717, 1.165) is 0 Å². The highest BCUT2D eigenvalue weighted by molar-refractivity contribution is 6.51. The van der Waals surface area contributed by atoms with E-state index in [1.54, 1.807) is 42.5 Å². The van der Waals surface area contributed by atoms with Crippen LogP contribution in [0.15, 0.2) is 84.4 Å². The summed E-state index contributed by atoms with van der Waals surface area (Å²) in [4.78, 5) is 27.1. The number of aliphatic hydroxyl groups is 1. The lowest BCUT2D eigenvalue weighted by Crippen LogP contribution is -2.29. The molecule has 6 nitrogen and oxygen atoms in total. The molecule has 0 spiro atoms. The molecule has 3 aromatic rings. The zero-order chi connectivity index (χ0) is 20.5. The van der Waals surface area contributed by atoms with Gasteiger partial charge in [-0.3, -0.25) is 14.5 Å². The summed E-state index contributed by atoms with van der Waals surface area (Å²) >= 11 is 0. The van der Waals surface area contributed by atoms with Gasteiger partial charge >= 0.3 is 0 Å². The van der Waals surface area contributed by atoms with Gasteiger partial charge in [-0.25, -0.2) is 0 Å². The maximum Gasteiger partial charge on any atom is 0.300 e. The van der Waals surface area contributed by atoms with Gasteiger partial charge in [0.2, 0.25) is 0 Å². The summed E-state index contributed by atoms with van der Waals surface area (Å²) in [5.74, 6) is -1.94. The molecule has 3 N–H and O–H groups in total. The van der Waals surface area contributed by atoms with Gasteiger partial charge in [-0.15, -0.1) is 0 Å². The lowest BCUT2D eigenvalue weighted by Gasteiger charge is -2.25. The maximum atomic E-state index is 12.9. The summed E-state index contributed by atoms with van der Waals surface area (Å²) in [7, 11) is 0. The average molecular weight is 387 g/mol. The first kappa shape index (κ1) is 18.3. The van der Waals surface area contributed by atoms with Crippen molar-refractivity contribution in [1.29, 1.82) is 0 Å². The Hall–Kier alpha value is -4.06. The van der Waals surface area contributed by atoms with Crippen molar-refractivity contribution in [3.63, 3.8) is 0 Å². The molecular weight excluding hydrogens is 370 g/mol. The van der Waals surface area contributed by atoms with Crippen molar-refractivity contribution in [3.05, 3.63) is 95.6 Å². The summed E-state index contributed by atoms with van der Waals surface area (Å²) in [6.45, 7) is 0. The number of phenolic OH excluding ortho intramolecular Hbond substituents is 2. The second-order valence-electron chi connectivity index (χ2n) is 6.65. The number of phenols is 2. The number of nitrogens with zero attached hydrogens (tertiary/aromatic N) is 1. The number of amides is 1. The van der Waals surface area contributed by atoms with Crippen LogP contribution < -0.4 is 4.90 Å². The van der Waals surface area contributed by atoms with Gasteiger partial charge in [-0.2, -0.15) is 0 Å². The van der Waals surface area contributed by atoms with Gasteiger partial charge in [-0.1, -0.05) is 42.5 Å². The van der Waals surface area contributed by atoms with Crippen LogP contribution in [0, 0.1) is 0 Å². The molecule has 0 aliphatic carbocycles. The monoisotopic (exact) mass is 387 g/mol. The molecule has 3 aromatic carbocycles. The van der Waals surface area contributed by atoms with Crippen molar-refractivity contribution in [2.24, 2.45) is 0 Å². The molecule has 1 aliphatic rings. The van der Waals surface area contributed by atoms with Crippen molar-refractivity contribution < 1.29 is 24.9 Å². The fourth-order valence-corrected chi connectivity index (χ4v) is 3.47. The van der Waals surface area contributed by atoms with Gasteiger partial charge in [0.25, 0.3) is 11.7 Å². The molecule has 1 saturated heterocycles. The number of rotatable bonds is 3. The molecule has 1 atom stereocenters. The summed E-state index contributed by atoms with van der Waals surface area (Å²) in [6.07, 6.45) is 0. The zero-order valence-electron chi connectivity index (χ0n) is 15.2. The van der Waals surface area contributed by atoms with Crippen LogP contribution in [0.25, 0.3) is 5.76 Å². The largest absolute Gasteiger partial charge is 0.508 e. The number of aromatic hydroxyl groups is 2. The predicted octanol–water partition coefficient (Wildman–Crippen LogP) is 3.72. The Labute approximate surface area is 166 Å². The van der Waals surface area contributed by atoms with Crippen molar-refractivity contribution in [3.8, 4) is 11.5 Å². The highest BCUT2D eigenvalue weighted by atomic mass is 16.3. The third kappa shape index (κ3) is 3.21. The molecule has 1 aliphatic heterocycles. The van der Waals surface area contributed by atoms with Crippen LogP contribution in [0.2, 0.25) is 0 Å². The number of carbonyl (C=O) groups excluding carboxylic acids is 2. The van der Waals surface area contributed by atoms with Crippen molar-refractivity contribution >= 4 is 23.1 Å². The Morgan fingerprint density at radius 3 is 2.14 bits per heavy atom. The average Bonchev–Trinajstić information content (AvgIpc) is 3.00. The summed E-state index contributed by atoms with van der Waals surface area (Å²) < 4.78 is 0. The van der Waals surface area contributed by atoms with Crippen LogP contribution in [0.1, 0.15) is 17.2 Å². The number of aliphatic hydroxyl groups excluding tert-OH is 1. The third-order valence-electron chi connectivity index (χ3n) is 4.81. The first-order valence-electron chi connectivity index (χ1n) is 8.92. The van der Waals surface area contributed by atoms with Crippen molar-refractivity contribution in [2.75, 3.05) is 4.90 Å². The molecular formula is C23H17NO5. The van der Waals surface area contributed by atoms with Crippen LogP contribution in [-0.2, 0) is 9.59 Å². The molecule has 4 rings (SSSR count). The van der Waals surface area contributed by atoms with E-state index >= 15 is 0 Å². The van der Waals surface area contributed by atoms with E-state index in [2.05, 4.69) is 0 Å². The SMILES string of the molecule is O=C1C(=O)N(c2ccc(O)cc2)[C@H](c2cccc(O)c2)C1=C(O)c1ccccc1. The molecule has 1 amide bonds. The molecule has 0 saturated carbocycles. The quantitative estimate of drug-likeness (QED) is 0.361. The molecule has 0 radical (unpaired) electrons. The van der Waals surface area contributed by atoms with E-state index in [0.29, 0.717) is 16.8 Å². The molecule has 1 heterocycles. The van der Waals surface area contributed by atoms with E-state index in [1.165, 1.54) is 41.3 Å².